The van der Waals surface area contributed by atoms with Crippen LogP contribution in [-0.4, -0.2) is 64.2 Å². The Morgan fingerprint density at radius 1 is 0.943 bits per heavy atom. The molecule has 184 valence electrons. The molecule has 0 spiro atoms. The number of hydrogen-bond acceptors (Lipinski definition) is 5. The van der Waals surface area contributed by atoms with E-state index in [1.807, 2.05) is 56.6 Å². The van der Waals surface area contributed by atoms with Gasteiger partial charge < -0.3 is 19.9 Å². The van der Waals surface area contributed by atoms with E-state index in [4.69, 9.17) is 4.74 Å². The summed E-state index contributed by atoms with van der Waals surface area (Å²) in [5.74, 6) is 0.310. The number of para-hydroxylation sites is 1. The smallest absolute Gasteiger partial charge is 0.258 e. The fourth-order valence-electron chi connectivity index (χ4n) is 4.32. The summed E-state index contributed by atoms with van der Waals surface area (Å²) in [6.45, 7) is 3.83. The second-order valence-electron chi connectivity index (χ2n) is 8.91. The minimum Gasteiger partial charge on any atom is -0.484 e. The molecule has 1 heterocycles. The summed E-state index contributed by atoms with van der Waals surface area (Å²) in [4.78, 5) is 19.3. The molecule has 1 saturated heterocycles. The zero-order valence-corrected chi connectivity index (χ0v) is 20.4. The van der Waals surface area contributed by atoms with E-state index in [9.17, 15) is 9.18 Å². The summed E-state index contributed by atoms with van der Waals surface area (Å²) in [5, 5.41) is 3.06. The number of halogens is 1. The molecule has 1 aliphatic rings. The first-order valence-corrected chi connectivity index (χ1v) is 12.0. The van der Waals surface area contributed by atoms with Crippen LogP contribution in [0.3, 0.4) is 0 Å². The first-order chi connectivity index (χ1) is 17.0. The number of nitrogens with zero attached hydrogens (tertiary/aromatic N) is 3. The average molecular weight is 477 g/mol. The molecule has 3 aromatic carbocycles. The minimum atomic E-state index is -0.222. The quantitative estimate of drug-likeness (QED) is 0.507. The molecule has 6 nitrogen and oxygen atoms in total. The van der Waals surface area contributed by atoms with Gasteiger partial charge in [0.25, 0.3) is 5.91 Å². The van der Waals surface area contributed by atoms with E-state index in [-0.39, 0.29) is 24.4 Å². The Morgan fingerprint density at radius 2 is 1.60 bits per heavy atom. The van der Waals surface area contributed by atoms with E-state index in [1.54, 1.807) is 0 Å². The Balaban J connectivity index is 1.40. The highest BCUT2D eigenvalue weighted by Crippen LogP contribution is 2.26. The maximum atomic E-state index is 13.3. The van der Waals surface area contributed by atoms with Gasteiger partial charge in [-0.25, -0.2) is 4.39 Å². The van der Waals surface area contributed by atoms with Gasteiger partial charge in [-0.1, -0.05) is 30.3 Å². The monoisotopic (exact) mass is 476 g/mol. The molecule has 0 radical (unpaired) electrons. The molecular weight excluding hydrogens is 443 g/mol. The van der Waals surface area contributed by atoms with E-state index < -0.39 is 0 Å². The molecule has 3 aromatic rings. The van der Waals surface area contributed by atoms with Crippen LogP contribution in [-0.2, 0) is 4.79 Å². The van der Waals surface area contributed by atoms with Crippen LogP contribution in [0, 0.1) is 5.82 Å². The molecule has 1 fully saturated rings. The van der Waals surface area contributed by atoms with Crippen molar-refractivity contribution in [3.63, 3.8) is 0 Å². The van der Waals surface area contributed by atoms with Crippen LogP contribution in [0.4, 0.5) is 15.8 Å². The topological polar surface area (TPSA) is 48.1 Å². The molecule has 35 heavy (non-hydrogen) atoms. The molecular formula is C28H33FN4O2. The van der Waals surface area contributed by atoms with Gasteiger partial charge >= 0.3 is 0 Å². The lowest BCUT2D eigenvalue weighted by atomic mass is 10.0. The number of anilines is 2. The number of nitrogens with one attached hydrogen (secondary N) is 1. The van der Waals surface area contributed by atoms with Gasteiger partial charge in [0.1, 0.15) is 11.6 Å². The minimum absolute atomic E-state index is 0.0192. The van der Waals surface area contributed by atoms with Crippen LogP contribution in [0.25, 0.3) is 0 Å². The van der Waals surface area contributed by atoms with Gasteiger partial charge in [0, 0.05) is 58.2 Å². The standard InChI is InChI=1S/C28H33FN4O2/c1-31(2)24-12-8-22(9-13-24)27(20-30-28(34)21-35-26-6-4-3-5-7-26)33-18-16-32(17-19-33)25-14-10-23(29)11-15-25/h3-15,27H,16-21H2,1-2H3,(H,30,34)/t27-/m0/s1. The molecule has 7 heteroatoms. The first kappa shape index (κ1) is 24.5. The van der Waals surface area contributed by atoms with Crippen molar-refractivity contribution in [2.24, 2.45) is 0 Å². The molecule has 4 rings (SSSR count). The van der Waals surface area contributed by atoms with Crippen LogP contribution in [0.15, 0.2) is 78.9 Å². The maximum Gasteiger partial charge on any atom is 0.258 e. The molecule has 0 saturated carbocycles. The van der Waals surface area contributed by atoms with Gasteiger partial charge in [-0.15, -0.1) is 0 Å². The summed E-state index contributed by atoms with van der Waals surface area (Å²) in [7, 11) is 4.04. The van der Waals surface area contributed by atoms with Crippen LogP contribution < -0.4 is 19.9 Å². The van der Waals surface area contributed by atoms with Crippen LogP contribution in [0.5, 0.6) is 5.75 Å². The lowest BCUT2D eigenvalue weighted by Crippen LogP contribution is -2.50. The van der Waals surface area contributed by atoms with Crippen molar-refractivity contribution >= 4 is 17.3 Å². The molecule has 0 bridgehead atoms. The van der Waals surface area contributed by atoms with E-state index in [1.165, 1.54) is 12.1 Å². The van der Waals surface area contributed by atoms with Crippen molar-refractivity contribution in [3.05, 3.63) is 90.2 Å². The number of amides is 1. The van der Waals surface area contributed by atoms with Crippen molar-refractivity contribution in [1.82, 2.24) is 10.2 Å². The SMILES string of the molecule is CN(C)c1ccc([C@H](CNC(=O)COc2ccccc2)N2CCN(c3ccc(F)cc3)CC2)cc1. The lowest BCUT2D eigenvalue weighted by molar-refractivity contribution is -0.123. The van der Waals surface area contributed by atoms with Crippen molar-refractivity contribution in [1.29, 1.82) is 0 Å². The number of carbonyl (C=O) groups is 1. The zero-order chi connectivity index (χ0) is 24.6. The Labute approximate surface area is 206 Å². The van der Waals surface area contributed by atoms with Crippen LogP contribution in [0.2, 0.25) is 0 Å². The van der Waals surface area contributed by atoms with E-state index in [0.29, 0.717) is 12.3 Å². The Morgan fingerprint density at radius 3 is 2.23 bits per heavy atom. The Bertz CT molecular complexity index is 1070. The molecule has 0 aliphatic carbocycles. The number of benzene rings is 3. The van der Waals surface area contributed by atoms with E-state index in [2.05, 4.69) is 44.3 Å². The fourth-order valence-corrected chi connectivity index (χ4v) is 4.32. The first-order valence-electron chi connectivity index (χ1n) is 12.0. The number of rotatable bonds is 9. The van der Waals surface area contributed by atoms with Crippen molar-refractivity contribution in [3.8, 4) is 5.75 Å². The molecule has 0 unspecified atom stereocenters. The Hall–Kier alpha value is -3.58. The third-order valence-electron chi connectivity index (χ3n) is 6.35. The third-order valence-corrected chi connectivity index (χ3v) is 6.35. The number of piperazine rings is 1. The summed E-state index contributed by atoms with van der Waals surface area (Å²) >= 11 is 0. The van der Waals surface area contributed by atoms with Gasteiger partial charge in [-0.3, -0.25) is 9.69 Å². The Kier molecular flexibility index (Phi) is 8.21. The zero-order valence-electron chi connectivity index (χ0n) is 20.4. The van der Waals surface area contributed by atoms with Gasteiger partial charge in [0.05, 0.1) is 6.04 Å². The normalized spacial score (nSPS) is 14.9. The van der Waals surface area contributed by atoms with Crippen LogP contribution in [0.1, 0.15) is 11.6 Å². The van der Waals surface area contributed by atoms with Crippen LogP contribution >= 0.6 is 0 Å². The van der Waals surface area contributed by atoms with Crippen molar-refractivity contribution < 1.29 is 13.9 Å². The third kappa shape index (κ3) is 6.73. The lowest BCUT2D eigenvalue weighted by Gasteiger charge is -2.40. The van der Waals surface area contributed by atoms with E-state index in [0.717, 1.165) is 43.1 Å². The van der Waals surface area contributed by atoms with Gasteiger partial charge in [-0.2, -0.15) is 0 Å². The highest BCUT2D eigenvalue weighted by Gasteiger charge is 2.26. The van der Waals surface area contributed by atoms with E-state index >= 15 is 0 Å². The summed E-state index contributed by atoms with van der Waals surface area (Å²) < 4.78 is 18.9. The molecule has 1 aliphatic heterocycles. The summed E-state index contributed by atoms with van der Waals surface area (Å²) in [6.07, 6.45) is 0. The largest absolute Gasteiger partial charge is 0.484 e. The molecule has 1 N–H and O–H groups in total. The average Bonchev–Trinajstić information content (AvgIpc) is 2.89. The predicted octanol–water partition coefficient (Wildman–Crippen LogP) is 3.95. The molecule has 1 amide bonds. The van der Waals surface area contributed by atoms with Gasteiger partial charge in [-0.05, 0) is 54.1 Å². The van der Waals surface area contributed by atoms with Gasteiger partial charge in [0.2, 0.25) is 0 Å². The fraction of sp³-hybridized carbons (Fsp3) is 0.321. The predicted molar refractivity (Wildman–Crippen MR) is 139 cm³/mol. The van der Waals surface area contributed by atoms with Gasteiger partial charge in [0.15, 0.2) is 6.61 Å². The number of ether oxygens (including phenoxy) is 1. The number of hydrogen-bond donors (Lipinski definition) is 1. The summed E-state index contributed by atoms with van der Waals surface area (Å²) in [5.41, 5.74) is 3.33. The maximum absolute atomic E-state index is 13.3. The molecule has 0 aromatic heterocycles. The second-order valence-corrected chi connectivity index (χ2v) is 8.91. The highest BCUT2D eigenvalue weighted by molar-refractivity contribution is 5.77. The van der Waals surface area contributed by atoms with Crippen molar-refractivity contribution in [2.45, 2.75) is 6.04 Å². The summed E-state index contributed by atoms with van der Waals surface area (Å²) in [6, 6.07) is 24.5. The number of carbonyl (C=O) groups excluding carboxylic acids is 1. The van der Waals surface area contributed by atoms with Crippen molar-refractivity contribution in [2.75, 3.05) is 63.2 Å². The second kappa shape index (κ2) is 11.7. The highest BCUT2D eigenvalue weighted by atomic mass is 19.1. The molecule has 1 atom stereocenters.